The summed E-state index contributed by atoms with van der Waals surface area (Å²) in [6.45, 7) is -0.461. The van der Waals surface area contributed by atoms with Crippen molar-refractivity contribution >= 4 is 11.8 Å². The van der Waals surface area contributed by atoms with Crippen LogP contribution in [0.5, 0.6) is 0 Å². The van der Waals surface area contributed by atoms with E-state index >= 15 is 0 Å². The molecule has 6 nitrogen and oxygen atoms in total. The van der Waals surface area contributed by atoms with Gasteiger partial charge in [0.1, 0.15) is 5.92 Å². The molecule has 1 fully saturated rings. The van der Waals surface area contributed by atoms with Gasteiger partial charge < -0.3 is 0 Å². The Kier molecular flexibility index (Phi) is 1.84. The van der Waals surface area contributed by atoms with Crippen LogP contribution in [0.2, 0.25) is 0 Å². The van der Waals surface area contributed by atoms with Gasteiger partial charge in [-0.3, -0.25) is 25.0 Å². The molecule has 1 atom stereocenters. The van der Waals surface area contributed by atoms with Crippen molar-refractivity contribution in [3.8, 4) is 0 Å². The molecule has 11 heavy (non-hydrogen) atoms. The summed E-state index contributed by atoms with van der Waals surface area (Å²) in [4.78, 5) is 30.5. The lowest BCUT2D eigenvalue weighted by molar-refractivity contribution is -0.485. The second-order valence-electron chi connectivity index (χ2n) is 2.33. The molecule has 0 aromatic heterocycles. The van der Waals surface area contributed by atoms with E-state index in [4.69, 9.17) is 0 Å². The summed E-state index contributed by atoms with van der Waals surface area (Å²) in [7, 11) is 0. The fraction of sp³-hybridized carbons (Fsp3) is 0.600. The van der Waals surface area contributed by atoms with Crippen molar-refractivity contribution in [1.82, 2.24) is 5.32 Å². The van der Waals surface area contributed by atoms with Gasteiger partial charge in [0.25, 0.3) is 0 Å². The van der Waals surface area contributed by atoms with Gasteiger partial charge in [0.05, 0.1) is 0 Å². The van der Waals surface area contributed by atoms with Crippen LogP contribution in [-0.4, -0.2) is 23.3 Å². The molecule has 6 heteroatoms. The molecule has 0 unspecified atom stereocenters. The SMILES string of the molecule is O=C1C[C@H](C[N+](=O)[O-])C(=O)N1. The van der Waals surface area contributed by atoms with E-state index in [1.807, 2.05) is 5.32 Å². The fourth-order valence-electron chi connectivity index (χ4n) is 0.934. The first-order valence-corrected chi connectivity index (χ1v) is 3.05. The Labute approximate surface area is 61.7 Å². The average molecular weight is 158 g/mol. The van der Waals surface area contributed by atoms with E-state index in [2.05, 4.69) is 0 Å². The van der Waals surface area contributed by atoms with E-state index in [9.17, 15) is 19.7 Å². The molecule has 0 aromatic carbocycles. The molecule has 0 aromatic rings. The Morgan fingerprint density at radius 3 is 2.64 bits per heavy atom. The molecule has 1 heterocycles. The third-order valence-corrected chi connectivity index (χ3v) is 1.43. The highest BCUT2D eigenvalue weighted by atomic mass is 16.6. The Morgan fingerprint density at radius 1 is 1.64 bits per heavy atom. The molecule has 60 valence electrons. The summed E-state index contributed by atoms with van der Waals surface area (Å²) in [5.74, 6) is -1.73. The topological polar surface area (TPSA) is 89.3 Å². The summed E-state index contributed by atoms with van der Waals surface area (Å²) in [6.07, 6.45) is -0.0557. The molecule has 0 aliphatic carbocycles. The van der Waals surface area contributed by atoms with Crippen molar-refractivity contribution in [2.75, 3.05) is 6.54 Å². The van der Waals surface area contributed by atoms with E-state index in [1.165, 1.54) is 0 Å². The van der Waals surface area contributed by atoms with Crippen LogP contribution in [0.4, 0.5) is 0 Å². The number of rotatable bonds is 2. The maximum absolute atomic E-state index is 10.7. The molecule has 0 bridgehead atoms. The largest absolute Gasteiger partial charge is 0.296 e. The molecular formula is C5H6N2O4. The first-order chi connectivity index (χ1) is 5.09. The number of hydrogen-bond donors (Lipinski definition) is 1. The van der Waals surface area contributed by atoms with Crippen LogP contribution in [0.1, 0.15) is 6.42 Å². The molecular weight excluding hydrogens is 152 g/mol. The van der Waals surface area contributed by atoms with Crippen molar-refractivity contribution in [3.05, 3.63) is 10.1 Å². The second kappa shape index (κ2) is 2.65. The molecule has 1 saturated heterocycles. The minimum absolute atomic E-state index is 0.0557. The van der Waals surface area contributed by atoms with Crippen LogP contribution in [0.25, 0.3) is 0 Å². The van der Waals surface area contributed by atoms with Crippen molar-refractivity contribution in [1.29, 1.82) is 0 Å². The predicted octanol–water partition coefficient (Wildman–Crippen LogP) is -1.07. The number of carbonyl (C=O) groups excluding carboxylic acids is 2. The summed E-state index contributed by atoms with van der Waals surface area (Å²) < 4.78 is 0. The highest BCUT2D eigenvalue weighted by molar-refractivity contribution is 6.03. The van der Waals surface area contributed by atoms with Gasteiger partial charge in [0.15, 0.2) is 0 Å². The van der Waals surface area contributed by atoms with Gasteiger partial charge >= 0.3 is 0 Å². The van der Waals surface area contributed by atoms with Crippen LogP contribution in [0.3, 0.4) is 0 Å². The van der Waals surface area contributed by atoms with Crippen molar-refractivity contribution in [2.24, 2.45) is 5.92 Å². The Hall–Kier alpha value is -1.46. The minimum atomic E-state index is -0.766. The second-order valence-corrected chi connectivity index (χ2v) is 2.33. The molecule has 1 aliphatic rings. The van der Waals surface area contributed by atoms with Crippen LogP contribution in [0.15, 0.2) is 0 Å². The highest BCUT2D eigenvalue weighted by Crippen LogP contribution is 2.09. The van der Waals surface area contributed by atoms with E-state index in [0.717, 1.165) is 0 Å². The van der Waals surface area contributed by atoms with Crippen molar-refractivity contribution in [3.63, 3.8) is 0 Å². The quantitative estimate of drug-likeness (QED) is 0.314. The van der Waals surface area contributed by atoms with Crippen LogP contribution in [0, 0.1) is 16.0 Å². The third kappa shape index (κ3) is 1.73. The molecule has 2 amide bonds. The van der Waals surface area contributed by atoms with E-state index in [-0.39, 0.29) is 6.42 Å². The summed E-state index contributed by atoms with van der Waals surface area (Å²) in [5, 5.41) is 11.9. The lowest BCUT2D eigenvalue weighted by Crippen LogP contribution is -2.25. The number of carbonyl (C=O) groups is 2. The standard InChI is InChI=1S/C5H6N2O4/c8-4-1-3(2-7(10)11)5(9)6-4/h3H,1-2H2,(H,6,8,9)/t3-/m1/s1. The highest BCUT2D eigenvalue weighted by Gasteiger charge is 2.34. The zero-order valence-electron chi connectivity index (χ0n) is 5.57. The number of imide groups is 1. The number of nitrogens with zero attached hydrogens (tertiary/aromatic N) is 1. The molecule has 1 aliphatic heterocycles. The number of amides is 2. The first kappa shape index (κ1) is 7.64. The monoisotopic (exact) mass is 158 g/mol. The summed E-state index contributed by atoms with van der Waals surface area (Å²) in [5.41, 5.74) is 0. The van der Waals surface area contributed by atoms with Crippen LogP contribution < -0.4 is 5.32 Å². The lowest BCUT2D eigenvalue weighted by atomic mass is 10.1. The van der Waals surface area contributed by atoms with Crippen LogP contribution in [-0.2, 0) is 9.59 Å². The van der Waals surface area contributed by atoms with Gasteiger partial charge in [-0.1, -0.05) is 0 Å². The Morgan fingerprint density at radius 2 is 2.27 bits per heavy atom. The molecule has 0 saturated carbocycles. The van der Waals surface area contributed by atoms with Crippen molar-refractivity contribution < 1.29 is 14.5 Å². The van der Waals surface area contributed by atoms with Gasteiger partial charge in [-0.25, -0.2) is 0 Å². The van der Waals surface area contributed by atoms with E-state index < -0.39 is 29.2 Å². The Balaban J connectivity index is 2.53. The van der Waals surface area contributed by atoms with Gasteiger partial charge in [-0.15, -0.1) is 0 Å². The molecule has 0 spiro atoms. The predicted molar refractivity (Wildman–Crippen MR) is 33.1 cm³/mol. The first-order valence-electron chi connectivity index (χ1n) is 3.05. The molecule has 1 rings (SSSR count). The van der Waals surface area contributed by atoms with E-state index in [0.29, 0.717) is 0 Å². The summed E-state index contributed by atoms with van der Waals surface area (Å²) in [6, 6.07) is 0. The summed E-state index contributed by atoms with van der Waals surface area (Å²) >= 11 is 0. The normalized spacial score (nSPS) is 23.5. The number of nitro groups is 1. The van der Waals surface area contributed by atoms with Gasteiger partial charge in [0.2, 0.25) is 18.4 Å². The lowest BCUT2D eigenvalue weighted by Gasteiger charge is -1.96. The molecule has 0 radical (unpaired) electrons. The fourth-order valence-corrected chi connectivity index (χ4v) is 0.934. The zero-order chi connectivity index (χ0) is 8.43. The van der Waals surface area contributed by atoms with Gasteiger partial charge in [0, 0.05) is 11.3 Å². The maximum atomic E-state index is 10.7. The minimum Gasteiger partial charge on any atom is -0.296 e. The van der Waals surface area contributed by atoms with Gasteiger partial charge in [-0.2, -0.15) is 0 Å². The van der Waals surface area contributed by atoms with Gasteiger partial charge in [-0.05, 0) is 0 Å². The molecule has 1 N–H and O–H groups in total. The van der Waals surface area contributed by atoms with E-state index in [1.54, 1.807) is 0 Å². The third-order valence-electron chi connectivity index (χ3n) is 1.43. The number of nitrogens with one attached hydrogen (secondary N) is 1. The van der Waals surface area contributed by atoms with Crippen LogP contribution >= 0.6 is 0 Å². The average Bonchev–Trinajstić information content (AvgIpc) is 2.09. The number of hydrogen-bond acceptors (Lipinski definition) is 4. The maximum Gasteiger partial charge on any atom is 0.236 e. The zero-order valence-corrected chi connectivity index (χ0v) is 5.57. The van der Waals surface area contributed by atoms with Crippen molar-refractivity contribution in [2.45, 2.75) is 6.42 Å². The smallest absolute Gasteiger partial charge is 0.236 e. The Bertz CT molecular complexity index is 225.